The number of aryl methyl sites for hydroxylation is 1. The van der Waals surface area contributed by atoms with E-state index in [0.29, 0.717) is 24.3 Å². The van der Waals surface area contributed by atoms with Gasteiger partial charge in [-0.15, -0.1) is 24.0 Å². The minimum Gasteiger partial charge on any atom is -0.355 e. The fourth-order valence-corrected chi connectivity index (χ4v) is 3.16. The molecule has 1 fully saturated rings. The third-order valence-electron chi connectivity index (χ3n) is 4.44. The Morgan fingerprint density at radius 1 is 1.31 bits per heavy atom. The average Bonchev–Trinajstić information content (AvgIpc) is 3.25. The molecular formula is C18H27IN6O. The highest BCUT2D eigenvalue weighted by molar-refractivity contribution is 14.0. The summed E-state index contributed by atoms with van der Waals surface area (Å²) in [6.07, 6.45) is 2.45. The van der Waals surface area contributed by atoms with Gasteiger partial charge in [0.15, 0.2) is 11.8 Å². The summed E-state index contributed by atoms with van der Waals surface area (Å²) in [4.78, 5) is 11.0. The monoisotopic (exact) mass is 470 g/mol. The number of hydrogen-bond donors (Lipinski definition) is 2. The first-order valence-electron chi connectivity index (χ1n) is 8.76. The Bertz CT molecular complexity index is 690. The Balaban J connectivity index is 0.00000243. The SMILES string of the molecule is CN=C(NCc1noc(C)n1)NCC1CCCN1Cc1ccccc1.I. The molecular weight excluding hydrogens is 443 g/mol. The van der Waals surface area contributed by atoms with Crippen LogP contribution in [0.3, 0.4) is 0 Å². The molecule has 0 radical (unpaired) electrons. The van der Waals surface area contributed by atoms with E-state index in [1.807, 2.05) is 0 Å². The third kappa shape index (κ3) is 5.94. The number of halogens is 1. The van der Waals surface area contributed by atoms with Crippen LogP contribution in [0.5, 0.6) is 0 Å². The topological polar surface area (TPSA) is 78.6 Å². The van der Waals surface area contributed by atoms with Crippen molar-refractivity contribution in [3.63, 3.8) is 0 Å². The van der Waals surface area contributed by atoms with E-state index in [9.17, 15) is 0 Å². The number of benzene rings is 1. The second-order valence-electron chi connectivity index (χ2n) is 6.29. The van der Waals surface area contributed by atoms with Crippen molar-refractivity contribution in [3.8, 4) is 0 Å². The molecule has 142 valence electrons. The molecule has 2 aromatic rings. The molecule has 1 unspecified atom stereocenters. The summed E-state index contributed by atoms with van der Waals surface area (Å²) in [6.45, 7) is 5.30. The van der Waals surface area contributed by atoms with E-state index in [-0.39, 0.29) is 24.0 Å². The van der Waals surface area contributed by atoms with Crippen LogP contribution in [0.25, 0.3) is 0 Å². The lowest BCUT2D eigenvalue weighted by molar-refractivity contribution is 0.245. The molecule has 1 atom stereocenters. The maximum Gasteiger partial charge on any atom is 0.223 e. The smallest absolute Gasteiger partial charge is 0.223 e. The maximum absolute atomic E-state index is 4.97. The Labute approximate surface area is 171 Å². The lowest BCUT2D eigenvalue weighted by atomic mass is 10.2. The molecule has 0 aliphatic carbocycles. The van der Waals surface area contributed by atoms with Gasteiger partial charge in [-0.2, -0.15) is 4.98 Å². The Hall–Kier alpha value is -1.68. The van der Waals surface area contributed by atoms with Crippen LogP contribution in [0.2, 0.25) is 0 Å². The second-order valence-corrected chi connectivity index (χ2v) is 6.29. The van der Waals surface area contributed by atoms with Crippen molar-refractivity contribution in [3.05, 3.63) is 47.6 Å². The number of guanidine groups is 1. The molecule has 0 bridgehead atoms. The average molecular weight is 470 g/mol. The Morgan fingerprint density at radius 3 is 2.81 bits per heavy atom. The second kappa shape index (κ2) is 10.5. The van der Waals surface area contributed by atoms with E-state index in [1.165, 1.54) is 18.4 Å². The summed E-state index contributed by atoms with van der Waals surface area (Å²) in [5, 5.41) is 10.5. The number of nitrogens with zero attached hydrogens (tertiary/aromatic N) is 4. The maximum atomic E-state index is 4.97. The largest absolute Gasteiger partial charge is 0.355 e. The van der Waals surface area contributed by atoms with Crippen LogP contribution < -0.4 is 10.6 Å². The zero-order valence-corrected chi connectivity index (χ0v) is 17.6. The van der Waals surface area contributed by atoms with Gasteiger partial charge in [-0.05, 0) is 24.9 Å². The lowest BCUT2D eigenvalue weighted by Crippen LogP contribution is -2.44. The van der Waals surface area contributed by atoms with Crippen LogP contribution in [-0.2, 0) is 13.1 Å². The molecule has 1 aliphatic heterocycles. The first-order chi connectivity index (χ1) is 12.2. The molecule has 8 heteroatoms. The first-order valence-corrected chi connectivity index (χ1v) is 8.76. The van der Waals surface area contributed by atoms with Gasteiger partial charge in [0.1, 0.15) is 0 Å². The van der Waals surface area contributed by atoms with Gasteiger partial charge in [0.25, 0.3) is 0 Å². The molecule has 2 N–H and O–H groups in total. The molecule has 1 aromatic carbocycles. The van der Waals surface area contributed by atoms with Gasteiger partial charge in [0, 0.05) is 33.1 Å². The van der Waals surface area contributed by atoms with Crippen molar-refractivity contribution in [2.75, 3.05) is 20.1 Å². The van der Waals surface area contributed by atoms with Crippen LogP contribution >= 0.6 is 24.0 Å². The fourth-order valence-electron chi connectivity index (χ4n) is 3.16. The zero-order chi connectivity index (χ0) is 17.5. The van der Waals surface area contributed by atoms with Gasteiger partial charge >= 0.3 is 0 Å². The Morgan fingerprint density at radius 2 is 2.12 bits per heavy atom. The van der Waals surface area contributed by atoms with E-state index < -0.39 is 0 Å². The molecule has 1 aliphatic rings. The summed E-state index contributed by atoms with van der Waals surface area (Å²) < 4.78 is 4.97. The molecule has 7 nitrogen and oxygen atoms in total. The summed E-state index contributed by atoms with van der Waals surface area (Å²) in [5.74, 6) is 1.96. The summed E-state index contributed by atoms with van der Waals surface area (Å²) >= 11 is 0. The predicted molar refractivity (Wildman–Crippen MR) is 113 cm³/mol. The van der Waals surface area contributed by atoms with Crippen LogP contribution in [0.15, 0.2) is 39.8 Å². The molecule has 1 saturated heterocycles. The van der Waals surface area contributed by atoms with Gasteiger partial charge in [-0.1, -0.05) is 35.5 Å². The molecule has 0 amide bonds. The van der Waals surface area contributed by atoms with Crippen LogP contribution in [0.4, 0.5) is 0 Å². The van der Waals surface area contributed by atoms with Crippen LogP contribution in [0.1, 0.15) is 30.1 Å². The quantitative estimate of drug-likeness (QED) is 0.384. The van der Waals surface area contributed by atoms with E-state index in [0.717, 1.165) is 25.6 Å². The van der Waals surface area contributed by atoms with Crippen molar-refractivity contribution in [1.82, 2.24) is 25.7 Å². The van der Waals surface area contributed by atoms with Gasteiger partial charge in [-0.3, -0.25) is 9.89 Å². The number of likely N-dealkylation sites (tertiary alicyclic amines) is 1. The third-order valence-corrected chi connectivity index (χ3v) is 4.44. The highest BCUT2D eigenvalue weighted by atomic mass is 127. The standard InChI is InChI=1S/C18H26N6O.HI/c1-14-22-17(23-25-14)12-21-18(19-2)20-11-16-9-6-10-24(16)13-15-7-4-3-5-8-15;/h3-5,7-8,16H,6,9-13H2,1-2H3,(H2,19,20,21);1H. The lowest BCUT2D eigenvalue weighted by Gasteiger charge is -2.25. The number of hydrogen-bond acceptors (Lipinski definition) is 5. The number of aromatic nitrogens is 2. The van der Waals surface area contributed by atoms with E-state index >= 15 is 0 Å². The van der Waals surface area contributed by atoms with E-state index in [2.05, 4.69) is 61.0 Å². The van der Waals surface area contributed by atoms with Crippen molar-refractivity contribution < 1.29 is 4.52 Å². The van der Waals surface area contributed by atoms with Crippen molar-refractivity contribution in [2.24, 2.45) is 4.99 Å². The zero-order valence-electron chi connectivity index (χ0n) is 15.3. The van der Waals surface area contributed by atoms with E-state index in [1.54, 1.807) is 14.0 Å². The summed E-state index contributed by atoms with van der Waals surface area (Å²) in [7, 11) is 1.77. The predicted octanol–water partition coefficient (Wildman–Crippen LogP) is 2.33. The Kier molecular flexibility index (Phi) is 8.30. The molecule has 0 spiro atoms. The fraction of sp³-hybridized carbons (Fsp3) is 0.500. The minimum atomic E-state index is 0. The van der Waals surface area contributed by atoms with Crippen molar-refractivity contribution >= 4 is 29.9 Å². The molecule has 26 heavy (non-hydrogen) atoms. The number of aliphatic imine (C=N–C) groups is 1. The highest BCUT2D eigenvalue weighted by Gasteiger charge is 2.24. The minimum absolute atomic E-state index is 0. The molecule has 0 saturated carbocycles. The summed E-state index contributed by atoms with van der Waals surface area (Å²) in [6, 6.07) is 11.2. The molecule has 3 rings (SSSR count). The number of nitrogens with one attached hydrogen (secondary N) is 2. The summed E-state index contributed by atoms with van der Waals surface area (Å²) in [5.41, 5.74) is 1.37. The van der Waals surface area contributed by atoms with Crippen molar-refractivity contribution in [2.45, 2.75) is 38.9 Å². The first kappa shape index (κ1) is 20.6. The van der Waals surface area contributed by atoms with Gasteiger partial charge in [0.05, 0.1) is 6.54 Å². The van der Waals surface area contributed by atoms with Gasteiger partial charge < -0.3 is 15.2 Å². The number of rotatable bonds is 6. The van der Waals surface area contributed by atoms with Crippen molar-refractivity contribution in [1.29, 1.82) is 0 Å². The van der Waals surface area contributed by atoms with Crippen LogP contribution in [-0.4, -0.2) is 47.2 Å². The van der Waals surface area contributed by atoms with Gasteiger partial charge in [-0.25, -0.2) is 0 Å². The normalized spacial score (nSPS) is 17.8. The highest BCUT2D eigenvalue weighted by Crippen LogP contribution is 2.19. The molecule has 1 aromatic heterocycles. The van der Waals surface area contributed by atoms with Crippen LogP contribution in [0, 0.1) is 6.92 Å². The van der Waals surface area contributed by atoms with Gasteiger partial charge in [0.2, 0.25) is 5.89 Å². The van der Waals surface area contributed by atoms with E-state index in [4.69, 9.17) is 4.52 Å². The molecule has 2 heterocycles.